The molecule has 0 saturated carbocycles. The molecule has 1 aromatic rings. The van der Waals surface area contributed by atoms with Crippen LogP contribution in [0.3, 0.4) is 0 Å². The molecule has 0 bridgehead atoms. The van der Waals surface area contributed by atoms with Crippen LogP contribution in [0.2, 0.25) is 0 Å². The van der Waals surface area contributed by atoms with Gasteiger partial charge in [0, 0.05) is 15.8 Å². The second-order valence-corrected chi connectivity index (χ2v) is 5.00. The fourth-order valence-corrected chi connectivity index (χ4v) is 2.95. The number of hydrogen-bond acceptors (Lipinski definition) is 2. The minimum absolute atomic E-state index is 0.323. The summed E-state index contributed by atoms with van der Waals surface area (Å²) in [5.74, 6) is 0.660. The van der Waals surface area contributed by atoms with Crippen LogP contribution in [0.15, 0.2) is 6.07 Å². The molecule has 1 unspecified atom stereocenters. The third-order valence-corrected chi connectivity index (χ3v) is 4.02. The Balaban J connectivity index is 2.36. The lowest BCUT2D eigenvalue weighted by Gasteiger charge is -2.01. The van der Waals surface area contributed by atoms with Crippen molar-refractivity contribution in [3.63, 3.8) is 0 Å². The highest BCUT2D eigenvalue weighted by Gasteiger charge is 2.22. The number of rotatable bonds is 1. The number of thiophene rings is 1. The maximum absolute atomic E-state index is 5.97. The minimum atomic E-state index is 0.323. The van der Waals surface area contributed by atoms with E-state index in [4.69, 9.17) is 5.73 Å². The molecule has 2 heteroatoms. The van der Waals surface area contributed by atoms with Crippen molar-refractivity contribution < 1.29 is 0 Å². The lowest BCUT2D eigenvalue weighted by Crippen LogP contribution is -2.04. The number of aryl methyl sites for hydroxylation is 1. The Labute approximate surface area is 77.6 Å². The lowest BCUT2D eigenvalue weighted by molar-refractivity contribution is 0.711. The first-order chi connectivity index (χ1) is 5.68. The molecule has 12 heavy (non-hydrogen) atoms. The van der Waals surface area contributed by atoms with Crippen molar-refractivity contribution >= 4 is 11.3 Å². The number of hydrogen-bond donors (Lipinski definition) is 1. The first-order valence-corrected chi connectivity index (χ1v) is 5.38. The largest absolute Gasteiger partial charge is 0.324 e. The van der Waals surface area contributed by atoms with Gasteiger partial charge in [0.2, 0.25) is 0 Å². The molecule has 1 aliphatic rings. The third-order valence-electron chi connectivity index (χ3n) is 2.51. The van der Waals surface area contributed by atoms with E-state index in [0.717, 1.165) is 6.42 Å². The Kier molecular flexibility index (Phi) is 1.97. The van der Waals surface area contributed by atoms with Gasteiger partial charge in [-0.25, -0.2) is 0 Å². The average Bonchev–Trinajstić information content (AvgIpc) is 2.53. The van der Waals surface area contributed by atoms with E-state index in [-0.39, 0.29) is 0 Å². The molecule has 0 spiro atoms. The fraction of sp³-hybridized carbons (Fsp3) is 0.600. The third kappa shape index (κ3) is 1.19. The van der Waals surface area contributed by atoms with Gasteiger partial charge < -0.3 is 5.73 Å². The van der Waals surface area contributed by atoms with Crippen molar-refractivity contribution in [2.24, 2.45) is 5.73 Å². The van der Waals surface area contributed by atoms with Crippen LogP contribution in [-0.2, 0) is 6.42 Å². The van der Waals surface area contributed by atoms with Gasteiger partial charge in [0.1, 0.15) is 0 Å². The van der Waals surface area contributed by atoms with E-state index in [1.54, 1.807) is 0 Å². The van der Waals surface area contributed by atoms with Crippen LogP contribution >= 0.6 is 11.3 Å². The molecule has 0 fully saturated rings. The van der Waals surface area contributed by atoms with Gasteiger partial charge in [-0.05, 0) is 30.4 Å². The molecule has 1 nitrogen and oxygen atoms in total. The van der Waals surface area contributed by atoms with Gasteiger partial charge in [0.15, 0.2) is 0 Å². The monoisotopic (exact) mass is 181 g/mol. The first-order valence-electron chi connectivity index (χ1n) is 4.56. The molecular formula is C10H15NS. The maximum atomic E-state index is 5.97. The summed E-state index contributed by atoms with van der Waals surface area (Å²) < 4.78 is 0. The van der Waals surface area contributed by atoms with Gasteiger partial charge in [-0.3, -0.25) is 0 Å². The van der Waals surface area contributed by atoms with Gasteiger partial charge in [-0.1, -0.05) is 13.8 Å². The fourth-order valence-electron chi connectivity index (χ4n) is 1.70. The summed E-state index contributed by atoms with van der Waals surface area (Å²) >= 11 is 1.95. The van der Waals surface area contributed by atoms with Gasteiger partial charge in [-0.15, -0.1) is 11.3 Å². The first kappa shape index (κ1) is 8.27. The van der Waals surface area contributed by atoms with Crippen LogP contribution in [0.4, 0.5) is 0 Å². The molecule has 0 radical (unpaired) electrons. The zero-order chi connectivity index (χ0) is 8.72. The smallest absolute Gasteiger partial charge is 0.0309 e. The molecule has 0 amide bonds. The predicted molar refractivity (Wildman–Crippen MR) is 53.7 cm³/mol. The molecule has 0 aliphatic heterocycles. The van der Waals surface area contributed by atoms with Crippen LogP contribution in [-0.4, -0.2) is 0 Å². The summed E-state index contributed by atoms with van der Waals surface area (Å²) in [4.78, 5) is 3.03. The Morgan fingerprint density at radius 1 is 1.58 bits per heavy atom. The Bertz CT molecular complexity index is 288. The number of nitrogens with two attached hydrogens (primary N) is 1. The molecule has 2 rings (SSSR count). The van der Waals surface area contributed by atoms with Crippen LogP contribution in [0, 0.1) is 0 Å². The van der Waals surface area contributed by atoms with Gasteiger partial charge in [-0.2, -0.15) is 0 Å². The highest BCUT2D eigenvalue weighted by atomic mass is 32.1. The van der Waals surface area contributed by atoms with Crippen molar-refractivity contribution in [2.75, 3.05) is 0 Å². The summed E-state index contributed by atoms with van der Waals surface area (Å²) in [7, 11) is 0. The topological polar surface area (TPSA) is 26.0 Å². The normalized spacial score (nSPS) is 21.8. The Morgan fingerprint density at radius 3 is 2.92 bits per heavy atom. The van der Waals surface area contributed by atoms with Crippen molar-refractivity contribution in [1.82, 2.24) is 0 Å². The zero-order valence-electron chi connectivity index (χ0n) is 7.63. The lowest BCUT2D eigenvalue weighted by atomic mass is 10.1. The van der Waals surface area contributed by atoms with Crippen LogP contribution in [0.5, 0.6) is 0 Å². The summed E-state index contributed by atoms with van der Waals surface area (Å²) in [5, 5.41) is 0. The minimum Gasteiger partial charge on any atom is -0.324 e. The molecule has 1 aliphatic carbocycles. The van der Waals surface area contributed by atoms with E-state index >= 15 is 0 Å². The van der Waals surface area contributed by atoms with Crippen molar-refractivity contribution in [3.05, 3.63) is 21.4 Å². The van der Waals surface area contributed by atoms with Gasteiger partial charge in [0.25, 0.3) is 0 Å². The molecule has 1 heterocycles. The SMILES string of the molecule is CC(C)c1cc2c(s1)CCC2N. The maximum Gasteiger partial charge on any atom is 0.0309 e. The molecule has 1 aromatic heterocycles. The summed E-state index contributed by atoms with van der Waals surface area (Å²) in [6, 6.07) is 2.63. The van der Waals surface area contributed by atoms with E-state index in [1.807, 2.05) is 11.3 Å². The van der Waals surface area contributed by atoms with E-state index in [2.05, 4.69) is 19.9 Å². The van der Waals surface area contributed by atoms with Crippen LogP contribution in [0.25, 0.3) is 0 Å². The highest BCUT2D eigenvalue weighted by molar-refractivity contribution is 7.12. The number of fused-ring (bicyclic) bond motifs is 1. The quantitative estimate of drug-likeness (QED) is 0.708. The summed E-state index contributed by atoms with van der Waals surface area (Å²) in [6.07, 6.45) is 2.35. The summed E-state index contributed by atoms with van der Waals surface area (Å²) in [5.41, 5.74) is 7.39. The van der Waals surface area contributed by atoms with Crippen molar-refractivity contribution in [3.8, 4) is 0 Å². The van der Waals surface area contributed by atoms with Gasteiger partial charge in [0.05, 0.1) is 0 Å². The Morgan fingerprint density at radius 2 is 2.33 bits per heavy atom. The predicted octanol–water partition coefficient (Wildman–Crippen LogP) is 2.82. The molecule has 0 saturated heterocycles. The van der Waals surface area contributed by atoms with Crippen molar-refractivity contribution in [1.29, 1.82) is 0 Å². The second kappa shape index (κ2) is 2.86. The standard InChI is InChI=1S/C10H15NS/c1-6(2)10-5-7-8(11)3-4-9(7)12-10/h5-6,8H,3-4,11H2,1-2H3. The van der Waals surface area contributed by atoms with E-state index < -0.39 is 0 Å². The van der Waals surface area contributed by atoms with E-state index in [1.165, 1.54) is 21.7 Å². The van der Waals surface area contributed by atoms with E-state index in [9.17, 15) is 0 Å². The van der Waals surface area contributed by atoms with Crippen LogP contribution < -0.4 is 5.73 Å². The van der Waals surface area contributed by atoms with Crippen molar-refractivity contribution in [2.45, 2.75) is 38.6 Å². The summed E-state index contributed by atoms with van der Waals surface area (Å²) in [6.45, 7) is 4.49. The second-order valence-electron chi connectivity index (χ2n) is 3.83. The molecule has 2 N–H and O–H groups in total. The highest BCUT2D eigenvalue weighted by Crippen LogP contribution is 2.38. The van der Waals surface area contributed by atoms with E-state index in [0.29, 0.717) is 12.0 Å². The zero-order valence-corrected chi connectivity index (χ0v) is 8.45. The molecule has 66 valence electrons. The van der Waals surface area contributed by atoms with Gasteiger partial charge >= 0.3 is 0 Å². The average molecular weight is 181 g/mol. The molecular weight excluding hydrogens is 166 g/mol. The Hall–Kier alpha value is -0.340. The van der Waals surface area contributed by atoms with Crippen LogP contribution in [0.1, 0.15) is 47.5 Å². The molecule has 1 atom stereocenters. The molecule has 0 aromatic carbocycles.